The van der Waals surface area contributed by atoms with Crippen LogP contribution in [0.25, 0.3) is 0 Å². The van der Waals surface area contributed by atoms with Gasteiger partial charge in [0.05, 0.1) is 5.92 Å². The summed E-state index contributed by atoms with van der Waals surface area (Å²) in [5.74, 6) is 9.26. The van der Waals surface area contributed by atoms with Gasteiger partial charge in [0.25, 0.3) is 0 Å². The van der Waals surface area contributed by atoms with Crippen molar-refractivity contribution in [1.29, 1.82) is 0 Å². The highest BCUT2D eigenvalue weighted by molar-refractivity contribution is 5.72. The first kappa shape index (κ1) is 17.8. The van der Waals surface area contributed by atoms with Crippen LogP contribution in [-0.4, -0.2) is 12.1 Å². The molecule has 3 aliphatic rings. The van der Waals surface area contributed by atoms with Crippen LogP contribution in [0.5, 0.6) is 0 Å². The molecule has 0 aromatic heterocycles. The van der Waals surface area contributed by atoms with Crippen LogP contribution in [0.2, 0.25) is 0 Å². The number of hydrogen-bond acceptors (Lipinski definition) is 2. The Hall–Kier alpha value is -0.970. The number of rotatable bonds is 2. The third kappa shape index (κ3) is 5.27. The van der Waals surface area contributed by atoms with Gasteiger partial charge in [-0.25, -0.2) is 0 Å². The Labute approximate surface area is 148 Å². The molecule has 3 rings (SSSR count). The number of ether oxygens (including phenoxy) is 1. The predicted octanol–water partition coefficient (Wildman–Crippen LogP) is 5.50. The van der Waals surface area contributed by atoms with Crippen LogP contribution in [0, 0.1) is 35.5 Å². The summed E-state index contributed by atoms with van der Waals surface area (Å²) in [7, 11) is 0. The molecular weight excluding hydrogens is 296 g/mol. The summed E-state index contributed by atoms with van der Waals surface area (Å²) in [4.78, 5) is 12.4. The summed E-state index contributed by atoms with van der Waals surface area (Å²) in [6.45, 7) is 2.30. The zero-order chi connectivity index (χ0) is 16.8. The molecule has 0 N–H and O–H groups in total. The molecule has 2 heteroatoms. The number of carbonyl (C=O) groups excluding carboxylic acids is 1. The molecule has 3 saturated carbocycles. The van der Waals surface area contributed by atoms with Gasteiger partial charge in [0.2, 0.25) is 0 Å². The van der Waals surface area contributed by atoms with Crippen molar-refractivity contribution in [3.05, 3.63) is 0 Å². The van der Waals surface area contributed by atoms with Gasteiger partial charge in [-0.2, -0.15) is 0 Å². The maximum Gasteiger partial charge on any atom is 0.309 e. The van der Waals surface area contributed by atoms with Crippen molar-refractivity contribution in [1.82, 2.24) is 0 Å². The maximum atomic E-state index is 12.4. The molecule has 0 bridgehead atoms. The predicted molar refractivity (Wildman–Crippen MR) is 97.3 cm³/mol. The van der Waals surface area contributed by atoms with E-state index in [2.05, 4.69) is 18.8 Å². The molecule has 0 amide bonds. The average molecular weight is 331 g/mol. The van der Waals surface area contributed by atoms with Crippen LogP contribution < -0.4 is 0 Å². The second-order valence-electron chi connectivity index (χ2n) is 8.49. The quantitative estimate of drug-likeness (QED) is 0.494. The highest BCUT2D eigenvalue weighted by Gasteiger charge is 2.29. The van der Waals surface area contributed by atoms with Gasteiger partial charge in [-0.05, 0) is 70.1 Å². The van der Waals surface area contributed by atoms with Crippen molar-refractivity contribution in [3.8, 4) is 11.8 Å². The first-order valence-corrected chi connectivity index (χ1v) is 10.4. The highest BCUT2D eigenvalue weighted by atomic mass is 16.5. The van der Waals surface area contributed by atoms with E-state index in [1.807, 2.05) is 0 Å². The molecule has 0 atom stereocenters. The smallest absolute Gasteiger partial charge is 0.309 e. The van der Waals surface area contributed by atoms with Crippen LogP contribution in [0.15, 0.2) is 0 Å². The lowest BCUT2D eigenvalue weighted by atomic mass is 9.81. The Bertz CT molecular complexity index is 450. The second kappa shape index (κ2) is 8.93. The van der Waals surface area contributed by atoms with Gasteiger partial charge < -0.3 is 4.74 Å². The lowest BCUT2D eigenvalue weighted by molar-refractivity contribution is -0.157. The highest BCUT2D eigenvalue weighted by Crippen LogP contribution is 2.32. The second-order valence-corrected chi connectivity index (χ2v) is 8.49. The van der Waals surface area contributed by atoms with Gasteiger partial charge in [-0.3, -0.25) is 4.79 Å². The van der Waals surface area contributed by atoms with E-state index in [4.69, 9.17) is 4.74 Å². The molecule has 0 aromatic rings. The topological polar surface area (TPSA) is 26.3 Å². The minimum absolute atomic E-state index is 0.0771. The molecule has 134 valence electrons. The Morgan fingerprint density at radius 3 is 1.96 bits per heavy atom. The van der Waals surface area contributed by atoms with Crippen LogP contribution >= 0.6 is 0 Å². The van der Waals surface area contributed by atoms with E-state index in [-0.39, 0.29) is 18.0 Å². The molecular formula is C22H34O2. The first-order valence-electron chi connectivity index (χ1n) is 10.4. The van der Waals surface area contributed by atoms with Gasteiger partial charge in [0, 0.05) is 11.8 Å². The van der Waals surface area contributed by atoms with E-state index >= 15 is 0 Å². The molecule has 3 fully saturated rings. The third-order valence-electron chi connectivity index (χ3n) is 6.40. The Balaban J connectivity index is 1.38. The van der Waals surface area contributed by atoms with Crippen molar-refractivity contribution in [2.45, 2.75) is 96.5 Å². The molecule has 0 radical (unpaired) electrons. The molecule has 3 aliphatic carbocycles. The Kier molecular flexibility index (Phi) is 6.64. The fourth-order valence-electron chi connectivity index (χ4n) is 4.56. The number of esters is 1. The Morgan fingerprint density at radius 1 is 0.750 bits per heavy atom. The third-order valence-corrected chi connectivity index (χ3v) is 6.40. The van der Waals surface area contributed by atoms with Gasteiger partial charge in [-0.1, -0.05) is 38.0 Å². The molecule has 0 heterocycles. The molecule has 0 spiro atoms. The van der Waals surface area contributed by atoms with E-state index in [0.29, 0.717) is 11.8 Å². The molecule has 24 heavy (non-hydrogen) atoms. The van der Waals surface area contributed by atoms with Crippen molar-refractivity contribution in [2.24, 2.45) is 23.7 Å². The summed E-state index contributed by atoms with van der Waals surface area (Å²) < 4.78 is 5.79. The largest absolute Gasteiger partial charge is 0.462 e. The fourth-order valence-corrected chi connectivity index (χ4v) is 4.56. The average Bonchev–Trinajstić information content (AvgIpc) is 2.63. The summed E-state index contributed by atoms with van der Waals surface area (Å²) >= 11 is 0. The lowest BCUT2D eigenvalue weighted by Crippen LogP contribution is -2.29. The van der Waals surface area contributed by atoms with Crippen molar-refractivity contribution in [2.75, 3.05) is 0 Å². The maximum absolute atomic E-state index is 12.4. The number of hydrogen-bond donors (Lipinski definition) is 0. The van der Waals surface area contributed by atoms with Crippen molar-refractivity contribution < 1.29 is 9.53 Å². The summed E-state index contributed by atoms with van der Waals surface area (Å²) in [6, 6.07) is 0. The van der Waals surface area contributed by atoms with Crippen LogP contribution in [-0.2, 0) is 9.53 Å². The van der Waals surface area contributed by atoms with Crippen LogP contribution in [0.3, 0.4) is 0 Å². The van der Waals surface area contributed by atoms with E-state index in [9.17, 15) is 4.79 Å². The monoisotopic (exact) mass is 330 g/mol. The van der Waals surface area contributed by atoms with Gasteiger partial charge >= 0.3 is 5.97 Å². The van der Waals surface area contributed by atoms with Gasteiger partial charge in [0.1, 0.15) is 6.10 Å². The SMILES string of the molecule is CC1CCC(OC(=O)C2CCC(C#CC3CCCCC3)CC2)CC1. The standard InChI is InChI=1S/C22H34O2/c1-17-7-15-21(16-8-17)24-22(23)20-13-11-19(12-14-20)10-9-18-5-3-2-4-6-18/h17-21H,2-8,11-16H2,1H3. The lowest BCUT2D eigenvalue weighted by Gasteiger charge is -2.29. The van der Waals surface area contributed by atoms with Crippen LogP contribution in [0.4, 0.5) is 0 Å². The molecule has 0 aliphatic heterocycles. The van der Waals surface area contributed by atoms with E-state index < -0.39 is 0 Å². The summed E-state index contributed by atoms with van der Waals surface area (Å²) in [5, 5.41) is 0. The minimum atomic E-state index is 0.0771. The van der Waals surface area contributed by atoms with Crippen molar-refractivity contribution >= 4 is 5.97 Å². The summed E-state index contributed by atoms with van der Waals surface area (Å²) in [5.41, 5.74) is 0. The zero-order valence-corrected chi connectivity index (χ0v) is 15.4. The van der Waals surface area contributed by atoms with E-state index in [1.54, 1.807) is 0 Å². The number of carbonyl (C=O) groups is 1. The fraction of sp³-hybridized carbons (Fsp3) is 0.864. The van der Waals surface area contributed by atoms with Gasteiger partial charge in [-0.15, -0.1) is 0 Å². The molecule has 0 unspecified atom stereocenters. The normalized spacial score (nSPS) is 34.9. The molecule has 2 nitrogen and oxygen atoms in total. The van der Waals surface area contributed by atoms with Crippen LogP contribution in [0.1, 0.15) is 90.4 Å². The molecule has 0 saturated heterocycles. The molecule has 0 aromatic carbocycles. The van der Waals surface area contributed by atoms with Gasteiger partial charge in [0.15, 0.2) is 0 Å². The summed E-state index contributed by atoms with van der Waals surface area (Å²) in [6.07, 6.45) is 15.6. The van der Waals surface area contributed by atoms with Crippen molar-refractivity contribution in [3.63, 3.8) is 0 Å². The zero-order valence-electron chi connectivity index (χ0n) is 15.4. The van der Waals surface area contributed by atoms with E-state index in [0.717, 1.165) is 44.4 Å². The Morgan fingerprint density at radius 2 is 1.33 bits per heavy atom. The van der Waals surface area contributed by atoms with E-state index in [1.165, 1.54) is 44.9 Å². The minimum Gasteiger partial charge on any atom is -0.462 e. The first-order chi connectivity index (χ1) is 11.7.